The monoisotopic (exact) mass is 419 g/mol. The first-order valence-electron chi connectivity index (χ1n) is 10.3. The van der Waals surface area contributed by atoms with E-state index in [-0.39, 0.29) is 11.5 Å². The highest BCUT2D eigenvalue weighted by molar-refractivity contribution is 7.26. The summed E-state index contributed by atoms with van der Waals surface area (Å²) in [6, 6.07) is 18.2. The van der Waals surface area contributed by atoms with E-state index in [2.05, 4.69) is 22.5 Å². The third-order valence-electron chi connectivity index (χ3n) is 5.22. The van der Waals surface area contributed by atoms with Gasteiger partial charge in [-0.3, -0.25) is 9.59 Å². The fraction of sp³-hybridized carbons (Fsp3) is 0.292. The minimum Gasteiger partial charge on any atom is -0.356 e. The van der Waals surface area contributed by atoms with Gasteiger partial charge >= 0.3 is 0 Å². The fourth-order valence-corrected chi connectivity index (χ4v) is 4.84. The second-order valence-corrected chi connectivity index (χ2v) is 8.51. The van der Waals surface area contributed by atoms with E-state index in [1.54, 1.807) is 11.3 Å². The van der Waals surface area contributed by atoms with Gasteiger partial charge in [0.25, 0.3) is 5.56 Å². The van der Waals surface area contributed by atoms with E-state index < -0.39 is 0 Å². The number of fused-ring (bicyclic) bond motifs is 3. The molecule has 0 saturated carbocycles. The molecular weight excluding hydrogens is 394 g/mol. The summed E-state index contributed by atoms with van der Waals surface area (Å²) < 4.78 is 3.57. The second-order valence-electron chi connectivity index (χ2n) is 7.46. The number of hydrogen-bond acceptors (Lipinski definition) is 4. The molecule has 0 fully saturated rings. The highest BCUT2D eigenvalue weighted by Gasteiger charge is 2.14. The molecule has 2 aromatic heterocycles. The number of thiophene rings is 1. The molecule has 154 valence electrons. The van der Waals surface area contributed by atoms with Crippen LogP contribution in [0.2, 0.25) is 0 Å². The van der Waals surface area contributed by atoms with Crippen LogP contribution in [-0.2, 0) is 17.8 Å². The zero-order valence-electron chi connectivity index (χ0n) is 17.1. The van der Waals surface area contributed by atoms with Crippen LogP contribution < -0.4 is 10.9 Å². The standard InChI is InChI=1S/C24H25N3O2S/c1-17-23-22(19-12-5-6-13-20(19)30-23)24(29)27(26-17)16-8-14-21(28)25-15-7-11-18-9-3-2-4-10-18/h2-6,9-10,12-13H,7-8,11,14-16H2,1H3,(H,25,28). The number of aryl methyl sites for hydroxylation is 3. The van der Waals surface area contributed by atoms with Crippen LogP contribution in [0.5, 0.6) is 0 Å². The summed E-state index contributed by atoms with van der Waals surface area (Å²) >= 11 is 1.61. The van der Waals surface area contributed by atoms with Crippen molar-refractivity contribution in [1.29, 1.82) is 0 Å². The topological polar surface area (TPSA) is 64.0 Å². The first kappa shape index (κ1) is 20.3. The number of hydrogen-bond donors (Lipinski definition) is 1. The van der Waals surface area contributed by atoms with Crippen molar-refractivity contribution in [3.8, 4) is 0 Å². The molecule has 6 heteroatoms. The highest BCUT2D eigenvalue weighted by atomic mass is 32.1. The van der Waals surface area contributed by atoms with Gasteiger partial charge in [-0.1, -0.05) is 48.5 Å². The molecule has 0 saturated heterocycles. The maximum atomic E-state index is 13.0. The molecule has 5 nitrogen and oxygen atoms in total. The summed E-state index contributed by atoms with van der Waals surface area (Å²) in [5.74, 6) is 0.0230. The lowest BCUT2D eigenvalue weighted by atomic mass is 10.1. The van der Waals surface area contributed by atoms with Crippen molar-refractivity contribution in [3.05, 3.63) is 76.2 Å². The summed E-state index contributed by atoms with van der Waals surface area (Å²) in [4.78, 5) is 25.1. The lowest BCUT2D eigenvalue weighted by Crippen LogP contribution is -2.27. The number of amides is 1. The number of carbonyl (C=O) groups excluding carboxylic acids is 1. The van der Waals surface area contributed by atoms with Crippen molar-refractivity contribution in [2.24, 2.45) is 0 Å². The minimum atomic E-state index is -0.0729. The van der Waals surface area contributed by atoms with Crippen molar-refractivity contribution in [1.82, 2.24) is 15.1 Å². The van der Waals surface area contributed by atoms with Crippen molar-refractivity contribution in [3.63, 3.8) is 0 Å². The molecular formula is C24H25N3O2S. The van der Waals surface area contributed by atoms with E-state index in [1.165, 1.54) is 10.2 Å². The average molecular weight is 420 g/mol. The van der Waals surface area contributed by atoms with Crippen LogP contribution in [0.1, 0.15) is 30.5 Å². The number of aromatic nitrogens is 2. The quantitative estimate of drug-likeness (QED) is 0.429. The first-order valence-corrected chi connectivity index (χ1v) is 11.1. The lowest BCUT2D eigenvalue weighted by molar-refractivity contribution is -0.121. The number of carbonyl (C=O) groups is 1. The molecule has 0 aliphatic rings. The summed E-state index contributed by atoms with van der Waals surface area (Å²) in [5.41, 5.74) is 2.07. The van der Waals surface area contributed by atoms with Gasteiger partial charge in [0.05, 0.1) is 15.8 Å². The van der Waals surface area contributed by atoms with Gasteiger partial charge in [-0.2, -0.15) is 5.10 Å². The molecule has 1 amide bonds. The highest BCUT2D eigenvalue weighted by Crippen LogP contribution is 2.32. The van der Waals surface area contributed by atoms with Gasteiger partial charge in [0.15, 0.2) is 0 Å². The number of benzene rings is 2. The molecule has 4 rings (SSSR count). The van der Waals surface area contributed by atoms with E-state index >= 15 is 0 Å². The van der Waals surface area contributed by atoms with Crippen molar-refractivity contribution in [2.45, 2.75) is 39.2 Å². The Bertz CT molecular complexity index is 1230. The van der Waals surface area contributed by atoms with Crippen LogP contribution in [-0.4, -0.2) is 22.2 Å². The van der Waals surface area contributed by atoms with E-state index in [9.17, 15) is 9.59 Å². The molecule has 2 heterocycles. The van der Waals surface area contributed by atoms with Crippen LogP contribution in [0.4, 0.5) is 0 Å². The third-order valence-corrected chi connectivity index (χ3v) is 6.50. The van der Waals surface area contributed by atoms with Gasteiger partial charge in [-0.15, -0.1) is 11.3 Å². The number of nitrogens with one attached hydrogen (secondary N) is 1. The van der Waals surface area contributed by atoms with Gasteiger partial charge in [0.1, 0.15) is 0 Å². The predicted octanol–water partition coefficient (Wildman–Crippen LogP) is 4.45. The van der Waals surface area contributed by atoms with Gasteiger partial charge in [-0.25, -0.2) is 4.68 Å². The molecule has 1 N–H and O–H groups in total. The Kier molecular flexibility index (Phi) is 6.23. The maximum Gasteiger partial charge on any atom is 0.276 e. The van der Waals surface area contributed by atoms with Crippen molar-refractivity contribution < 1.29 is 4.79 Å². The summed E-state index contributed by atoms with van der Waals surface area (Å²) in [5, 5.41) is 9.18. The lowest BCUT2D eigenvalue weighted by Gasteiger charge is -2.08. The smallest absolute Gasteiger partial charge is 0.276 e. The third kappa shape index (κ3) is 4.44. The van der Waals surface area contributed by atoms with Crippen LogP contribution in [0.3, 0.4) is 0 Å². The first-order chi connectivity index (χ1) is 14.6. The molecule has 4 aromatic rings. The number of rotatable bonds is 8. The molecule has 0 spiro atoms. The Balaban J connectivity index is 1.32. The zero-order valence-corrected chi connectivity index (χ0v) is 17.9. The Morgan fingerprint density at radius 3 is 2.67 bits per heavy atom. The molecule has 0 aliphatic heterocycles. The normalized spacial score (nSPS) is 11.2. The molecule has 2 aromatic carbocycles. The predicted molar refractivity (Wildman–Crippen MR) is 123 cm³/mol. The van der Waals surface area contributed by atoms with Crippen LogP contribution in [0.25, 0.3) is 20.2 Å². The Morgan fingerprint density at radius 2 is 1.83 bits per heavy atom. The van der Waals surface area contributed by atoms with Crippen molar-refractivity contribution in [2.75, 3.05) is 6.54 Å². The van der Waals surface area contributed by atoms with E-state index in [0.29, 0.717) is 25.9 Å². The van der Waals surface area contributed by atoms with E-state index in [1.807, 2.05) is 49.4 Å². The summed E-state index contributed by atoms with van der Waals surface area (Å²) in [7, 11) is 0. The van der Waals surface area contributed by atoms with Gasteiger partial charge in [0.2, 0.25) is 5.91 Å². The Morgan fingerprint density at radius 1 is 1.07 bits per heavy atom. The fourth-order valence-electron chi connectivity index (χ4n) is 3.71. The van der Waals surface area contributed by atoms with Crippen LogP contribution >= 0.6 is 11.3 Å². The second kappa shape index (κ2) is 9.22. The van der Waals surface area contributed by atoms with Crippen LogP contribution in [0.15, 0.2) is 59.4 Å². The van der Waals surface area contributed by atoms with Gasteiger partial charge < -0.3 is 5.32 Å². The SMILES string of the molecule is Cc1nn(CCCC(=O)NCCCc2ccccc2)c(=O)c2c1sc1ccccc12. The Labute approximate surface area is 179 Å². The minimum absolute atomic E-state index is 0.0230. The molecule has 0 atom stereocenters. The van der Waals surface area contributed by atoms with Gasteiger partial charge in [-0.05, 0) is 37.8 Å². The molecule has 0 aliphatic carbocycles. The average Bonchev–Trinajstić information content (AvgIpc) is 3.16. The molecule has 0 bridgehead atoms. The molecule has 0 radical (unpaired) electrons. The largest absolute Gasteiger partial charge is 0.356 e. The summed E-state index contributed by atoms with van der Waals surface area (Å²) in [6.45, 7) is 3.04. The number of nitrogens with zero attached hydrogens (tertiary/aromatic N) is 2. The van der Waals surface area contributed by atoms with Crippen molar-refractivity contribution >= 4 is 37.4 Å². The van der Waals surface area contributed by atoms with E-state index in [4.69, 9.17) is 0 Å². The Hall–Kier alpha value is -2.99. The summed E-state index contributed by atoms with van der Waals surface area (Å²) in [6.07, 6.45) is 2.84. The maximum absolute atomic E-state index is 13.0. The zero-order chi connectivity index (χ0) is 20.9. The van der Waals surface area contributed by atoms with Gasteiger partial charge in [0, 0.05) is 29.6 Å². The van der Waals surface area contributed by atoms with E-state index in [0.717, 1.165) is 38.7 Å². The molecule has 0 unspecified atom stereocenters. The molecule has 30 heavy (non-hydrogen) atoms. The van der Waals surface area contributed by atoms with Crippen LogP contribution in [0, 0.1) is 6.92 Å².